The van der Waals surface area contributed by atoms with E-state index in [1.807, 2.05) is 0 Å². The number of carbonyl (C=O) groups excluding carboxylic acids is 1. The van der Waals surface area contributed by atoms with Gasteiger partial charge in [-0.2, -0.15) is 0 Å². The number of hydrogen-bond donors (Lipinski definition) is 2. The largest absolute Gasteiger partial charge is 0.505 e. The van der Waals surface area contributed by atoms with Crippen molar-refractivity contribution in [3.05, 3.63) is 64.9 Å². The molecule has 1 heterocycles. The van der Waals surface area contributed by atoms with Crippen LogP contribution in [0.1, 0.15) is 48.3 Å². The second-order valence-corrected chi connectivity index (χ2v) is 8.10. The smallest absolute Gasteiger partial charge is 0.311 e. The molecule has 0 radical (unpaired) electrons. The van der Waals surface area contributed by atoms with Crippen LogP contribution in [0.15, 0.2) is 36.4 Å². The average molecular weight is 401 g/mol. The van der Waals surface area contributed by atoms with E-state index in [9.17, 15) is 28.6 Å². The van der Waals surface area contributed by atoms with Crippen molar-refractivity contribution in [2.45, 2.75) is 33.6 Å². The number of aromatic hydroxyl groups is 1. The topological polar surface area (TPSA) is 79.5 Å². The second-order valence-electron chi connectivity index (χ2n) is 8.10. The maximum Gasteiger partial charge on any atom is 0.311 e. The normalized spacial score (nSPS) is 12.9. The molecule has 0 saturated heterocycles. The number of phenols is 1. The Balaban J connectivity index is 2.38. The standard InChI is InChI=1S/C22H21F2NO4/c1-11-18(19(21(28)29)22(2,3)4)14-9-17(26)15(24)10-16(14)25(11)20(27)12-5-7-13(23)8-6-12/h5-10,19,26H,1-4H3,(H,28,29). The number of aromatic nitrogens is 1. The maximum atomic E-state index is 14.1. The molecule has 3 rings (SSSR count). The fourth-order valence-corrected chi connectivity index (χ4v) is 3.72. The van der Waals surface area contributed by atoms with Crippen LogP contribution in [0.5, 0.6) is 5.75 Å². The molecule has 0 aliphatic heterocycles. The number of carbonyl (C=O) groups is 2. The van der Waals surface area contributed by atoms with Crippen LogP contribution in [-0.2, 0) is 4.79 Å². The number of fused-ring (bicyclic) bond motifs is 1. The molecule has 1 aromatic heterocycles. The van der Waals surface area contributed by atoms with Crippen LogP contribution in [0.4, 0.5) is 8.78 Å². The van der Waals surface area contributed by atoms with E-state index in [1.165, 1.54) is 16.7 Å². The van der Waals surface area contributed by atoms with E-state index in [0.717, 1.165) is 24.3 Å². The van der Waals surface area contributed by atoms with Crippen LogP contribution < -0.4 is 0 Å². The highest BCUT2D eigenvalue weighted by Crippen LogP contribution is 2.43. The van der Waals surface area contributed by atoms with Gasteiger partial charge in [-0.1, -0.05) is 20.8 Å². The van der Waals surface area contributed by atoms with Crippen LogP contribution in [-0.4, -0.2) is 26.7 Å². The Hall–Kier alpha value is -3.22. The monoisotopic (exact) mass is 401 g/mol. The van der Waals surface area contributed by atoms with Gasteiger partial charge in [-0.05, 0) is 48.2 Å². The van der Waals surface area contributed by atoms with E-state index in [1.54, 1.807) is 27.7 Å². The van der Waals surface area contributed by atoms with Crippen LogP contribution in [0.2, 0.25) is 0 Å². The molecule has 1 atom stereocenters. The van der Waals surface area contributed by atoms with E-state index < -0.39 is 40.6 Å². The minimum Gasteiger partial charge on any atom is -0.505 e. The van der Waals surface area contributed by atoms with E-state index in [2.05, 4.69) is 0 Å². The van der Waals surface area contributed by atoms with Gasteiger partial charge in [0.25, 0.3) is 5.91 Å². The number of phenolic OH excluding ortho intramolecular Hbond substituents is 1. The molecule has 152 valence electrons. The van der Waals surface area contributed by atoms with Gasteiger partial charge in [0.1, 0.15) is 5.82 Å². The van der Waals surface area contributed by atoms with Gasteiger partial charge >= 0.3 is 5.97 Å². The number of carboxylic acids is 1. The minimum atomic E-state index is -1.10. The molecule has 0 aliphatic carbocycles. The van der Waals surface area contributed by atoms with Crippen LogP contribution in [0.3, 0.4) is 0 Å². The Labute approximate surface area is 166 Å². The third kappa shape index (κ3) is 3.48. The molecule has 0 fully saturated rings. The number of nitrogens with zero attached hydrogens (tertiary/aromatic N) is 1. The first kappa shape index (κ1) is 20.5. The highest BCUT2D eigenvalue weighted by atomic mass is 19.1. The average Bonchev–Trinajstić information content (AvgIpc) is 2.86. The van der Waals surface area contributed by atoms with Gasteiger partial charge in [-0.3, -0.25) is 14.2 Å². The van der Waals surface area contributed by atoms with Crippen LogP contribution in [0.25, 0.3) is 10.9 Å². The number of aliphatic carboxylic acids is 1. The van der Waals surface area contributed by atoms with Crippen molar-refractivity contribution in [1.82, 2.24) is 4.57 Å². The number of halogens is 2. The summed E-state index contributed by atoms with van der Waals surface area (Å²) in [6, 6.07) is 7.02. The molecule has 0 amide bonds. The van der Waals surface area contributed by atoms with Crippen molar-refractivity contribution >= 4 is 22.8 Å². The lowest BCUT2D eigenvalue weighted by molar-refractivity contribution is -0.141. The fourth-order valence-electron chi connectivity index (χ4n) is 3.72. The molecule has 0 bridgehead atoms. The van der Waals surface area contributed by atoms with Crippen molar-refractivity contribution < 1.29 is 28.6 Å². The predicted octanol–water partition coefficient (Wildman–Crippen LogP) is 4.84. The summed E-state index contributed by atoms with van der Waals surface area (Å²) in [6.07, 6.45) is 0. The zero-order valence-corrected chi connectivity index (χ0v) is 16.5. The molecule has 1 unspecified atom stereocenters. The van der Waals surface area contributed by atoms with E-state index in [4.69, 9.17) is 0 Å². The summed E-state index contributed by atoms with van der Waals surface area (Å²) in [5, 5.41) is 20.1. The highest BCUT2D eigenvalue weighted by Gasteiger charge is 2.38. The molecule has 0 saturated carbocycles. The first-order valence-corrected chi connectivity index (χ1v) is 9.00. The summed E-state index contributed by atoms with van der Waals surface area (Å²) < 4.78 is 28.6. The first-order valence-electron chi connectivity index (χ1n) is 9.00. The Morgan fingerprint density at radius 3 is 2.17 bits per heavy atom. The van der Waals surface area contributed by atoms with Crippen LogP contribution in [0, 0.1) is 24.0 Å². The quantitative estimate of drug-likeness (QED) is 0.658. The molecular weight excluding hydrogens is 380 g/mol. The first-order chi connectivity index (χ1) is 13.4. The molecule has 7 heteroatoms. The number of rotatable bonds is 3. The maximum absolute atomic E-state index is 14.1. The van der Waals surface area contributed by atoms with E-state index in [0.29, 0.717) is 11.3 Å². The summed E-state index contributed by atoms with van der Waals surface area (Å²) >= 11 is 0. The van der Waals surface area contributed by atoms with E-state index >= 15 is 0 Å². The third-order valence-corrected chi connectivity index (χ3v) is 5.02. The summed E-state index contributed by atoms with van der Waals surface area (Å²) in [5.74, 6) is -4.75. The van der Waals surface area contributed by atoms with Crippen LogP contribution >= 0.6 is 0 Å². The third-order valence-electron chi connectivity index (χ3n) is 5.02. The second kappa shape index (κ2) is 6.99. The summed E-state index contributed by atoms with van der Waals surface area (Å²) in [6.45, 7) is 6.83. The SMILES string of the molecule is Cc1c(C(C(=O)O)C(C)(C)C)c2cc(O)c(F)cc2n1C(=O)c1ccc(F)cc1. The number of benzene rings is 2. The Bertz CT molecular complexity index is 1120. The lowest BCUT2D eigenvalue weighted by atomic mass is 9.75. The van der Waals surface area contributed by atoms with Crippen molar-refractivity contribution in [2.75, 3.05) is 0 Å². The predicted molar refractivity (Wildman–Crippen MR) is 104 cm³/mol. The molecule has 3 aromatic rings. The highest BCUT2D eigenvalue weighted by molar-refractivity contribution is 6.05. The van der Waals surface area contributed by atoms with Gasteiger partial charge in [-0.25, -0.2) is 8.78 Å². The lowest BCUT2D eigenvalue weighted by Gasteiger charge is -2.27. The Kier molecular flexibility index (Phi) is 4.94. The van der Waals surface area contributed by atoms with Gasteiger partial charge in [0.05, 0.1) is 11.4 Å². The number of hydrogen-bond acceptors (Lipinski definition) is 3. The van der Waals surface area contributed by atoms with Crippen molar-refractivity contribution in [2.24, 2.45) is 5.41 Å². The number of carboxylic acid groups (broad SMARTS) is 1. The molecule has 0 aliphatic rings. The van der Waals surface area contributed by atoms with Gasteiger partial charge in [0, 0.05) is 22.7 Å². The summed E-state index contributed by atoms with van der Waals surface area (Å²) in [7, 11) is 0. The molecule has 2 N–H and O–H groups in total. The van der Waals surface area contributed by atoms with Crippen molar-refractivity contribution in [1.29, 1.82) is 0 Å². The Morgan fingerprint density at radius 2 is 1.66 bits per heavy atom. The van der Waals surface area contributed by atoms with Crippen molar-refractivity contribution in [3.63, 3.8) is 0 Å². The summed E-state index contributed by atoms with van der Waals surface area (Å²) in [4.78, 5) is 25.3. The summed E-state index contributed by atoms with van der Waals surface area (Å²) in [5.41, 5.74) is 0.220. The minimum absolute atomic E-state index is 0.137. The Morgan fingerprint density at radius 1 is 1.07 bits per heavy atom. The molecule has 29 heavy (non-hydrogen) atoms. The van der Waals surface area contributed by atoms with Gasteiger partial charge in [0.2, 0.25) is 0 Å². The molecule has 0 spiro atoms. The van der Waals surface area contributed by atoms with Gasteiger partial charge in [0.15, 0.2) is 11.6 Å². The fraction of sp³-hybridized carbons (Fsp3) is 0.273. The van der Waals surface area contributed by atoms with Gasteiger partial charge < -0.3 is 10.2 Å². The molecule has 5 nitrogen and oxygen atoms in total. The van der Waals surface area contributed by atoms with Gasteiger partial charge in [-0.15, -0.1) is 0 Å². The zero-order valence-electron chi connectivity index (χ0n) is 16.5. The van der Waals surface area contributed by atoms with Crippen molar-refractivity contribution in [3.8, 4) is 5.75 Å². The zero-order chi connectivity index (χ0) is 21.7. The lowest BCUT2D eigenvalue weighted by Crippen LogP contribution is -2.27. The van der Waals surface area contributed by atoms with E-state index in [-0.39, 0.29) is 16.5 Å². The molecule has 2 aromatic carbocycles. The molecular formula is C22H21F2NO4.